The molecule has 0 aromatic heterocycles. The highest BCUT2D eigenvalue weighted by atomic mass is 16.6. The fourth-order valence-electron chi connectivity index (χ4n) is 1.06. The summed E-state index contributed by atoms with van der Waals surface area (Å²) >= 11 is 0. The molecule has 0 aliphatic heterocycles. The summed E-state index contributed by atoms with van der Waals surface area (Å²) in [5, 5.41) is 4.69. The van der Waals surface area contributed by atoms with Crippen molar-refractivity contribution in [3.63, 3.8) is 0 Å². The van der Waals surface area contributed by atoms with Crippen molar-refractivity contribution in [1.82, 2.24) is 10.6 Å². The Bertz CT molecular complexity index is 323. The molecule has 0 bridgehead atoms. The van der Waals surface area contributed by atoms with Crippen LogP contribution >= 0.6 is 0 Å². The molecule has 0 radical (unpaired) electrons. The lowest BCUT2D eigenvalue weighted by Gasteiger charge is -2.19. The molecule has 0 aliphatic rings. The molecule has 0 aliphatic carbocycles. The van der Waals surface area contributed by atoms with Crippen LogP contribution in [0.3, 0.4) is 0 Å². The first-order valence-corrected chi connectivity index (χ1v) is 6.72. The highest BCUT2D eigenvalue weighted by molar-refractivity contribution is 5.81. The number of nitrogens with one attached hydrogen (secondary N) is 2. The highest BCUT2D eigenvalue weighted by Crippen LogP contribution is 2.13. The van der Waals surface area contributed by atoms with Crippen molar-refractivity contribution in [2.75, 3.05) is 13.6 Å². The van der Waals surface area contributed by atoms with E-state index in [2.05, 4.69) is 43.6 Å². The van der Waals surface area contributed by atoms with Gasteiger partial charge < -0.3 is 15.4 Å². The summed E-state index contributed by atoms with van der Waals surface area (Å²) in [7, 11) is 1.50. The van der Waals surface area contributed by atoms with Crippen LogP contribution in [0.5, 0.6) is 0 Å². The Hall–Kier alpha value is -1.52. The number of carbonyl (C=O) groups is 2. The maximum absolute atomic E-state index is 11.0. The van der Waals surface area contributed by atoms with Crippen molar-refractivity contribution in [2.45, 2.75) is 54.1 Å². The van der Waals surface area contributed by atoms with Crippen LogP contribution in [-0.2, 0) is 9.53 Å². The number of likely N-dealkylation sites (N-methyl/N-ethyl adjacent to an activating group) is 1. The Morgan fingerprint density at radius 1 is 1.10 bits per heavy atom. The quantitative estimate of drug-likeness (QED) is 0.767. The Morgan fingerprint density at radius 2 is 1.60 bits per heavy atom. The molecule has 0 saturated heterocycles. The summed E-state index contributed by atoms with van der Waals surface area (Å²) < 4.78 is 4.90. The minimum absolute atomic E-state index is 0.0641. The van der Waals surface area contributed by atoms with Gasteiger partial charge in [0.1, 0.15) is 5.60 Å². The van der Waals surface area contributed by atoms with Crippen molar-refractivity contribution in [3.8, 4) is 0 Å². The van der Waals surface area contributed by atoms with E-state index >= 15 is 0 Å². The van der Waals surface area contributed by atoms with Gasteiger partial charge >= 0.3 is 6.09 Å². The molecule has 2 amide bonds. The van der Waals surface area contributed by atoms with Crippen LogP contribution in [0.25, 0.3) is 0 Å². The maximum Gasteiger partial charge on any atom is 0.408 e. The van der Waals surface area contributed by atoms with E-state index in [1.807, 2.05) is 6.92 Å². The van der Waals surface area contributed by atoms with Crippen molar-refractivity contribution in [2.24, 2.45) is 5.41 Å². The average molecular weight is 286 g/mol. The van der Waals surface area contributed by atoms with E-state index in [1.54, 1.807) is 20.8 Å². The van der Waals surface area contributed by atoms with Gasteiger partial charge in [0.15, 0.2) is 0 Å². The molecular weight excluding hydrogens is 256 g/mol. The Balaban J connectivity index is 0. The van der Waals surface area contributed by atoms with Crippen LogP contribution in [0, 0.1) is 5.41 Å². The molecule has 118 valence electrons. The highest BCUT2D eigenvalue weighted by Gasteiger charge is 2.16. The van der Waals surface area contributed by atoms with Crippen molar-refractivity contribution in [3.05, 3.63) is 12.2 Å². The van der Waals surface area contributed by atoms with Gasteiger partial charge in [-0.05, 0) is 33.1 Å². The molecule has 0 unspecified atom stereocenters. The first kappa shape index (κ1) is 20.8. The van der Waals surface area contributed by atoms with E-state index < -0.39 is 11.7 Å². The molecule has 5 nitrogen and oxygen atoms in total. The second-order valence-corrected chi connectivity index (χ2v) is 6.39. The third-order valence-corrected chi connectivity index (χ3v) is 1.74. The summed E-state index contributed by atoms with van der Waals surface area (Å²) in [4.78, 5) is 21.7. The van der Waals surface area contributed by atoms with E-state index in [4.69, 9.17) is 4.74 Å². The van der Waals surface area contributed by atoms with Gasteiger partial charge in [0.05, 0.1) is 6.54 Å². The Morgan fingerprint density at radius 3 is 1.85 bits per heavy atom. The lowest BCUT2D eigenvalue weighted by molar-refractivity contribution is -0.119. The zero-order valence-corrected chi connectivity index (χ0v) is 14.1. The fourth-order valence-corrected chi connectivity index (χ4v) is 1.06. The Labute approximate surface area is 123 Å². The third-order valence-electron chi connectivity index (χ3n) is 1.74. The van der Waals surface area contributed by atoms with Gasteiger partial charge in [-0.25, -0.2) is 4.79 Å². The van der Waals surface area contributed by atoms with E-state index in [-0.39, 0.29) is 12.5 Å². The number of hydrogen-bond donors (Lipinski definition) is 2. The molecule has 0 spiro atoms. The van der Waals surface area contributed by atoms with E-state index in [1.165, 1.54) is 7.05 Å². The third kappa shape index (κ3) is 18.8. The predicted molar refractivity (Wildman–Crippen MR) is 82.6 cm³/mol. The lowest BCUT2D eigenvalue weighted by atomic mass is 9.97. The van der Waals surface area contributed by atoms with Gasteiger partial charge in [0.2, 0.25) is 5.91 Å². The van der Waals surface area contributed by atoms with Crippen LogP contribution in [-0.4, -0.2) is 31.2 Å². The van der Waals surface area contributed by atoms with E-state index in [0.717, 1.165) is 0 Å². The molecule has 2 N–H and O–H groups in total. The van der Waals surface area contributed by atoms with Gasteiger partial charge in [-0.2, -0.15) is 0 Å². The summed E-state index contributed by atoms with van der Waals surface area (Å²) in [5.41, 5.74) is -0.165. The fraction of sp³-hybridized carbons (Fsp3) is 0.733. The standard InChI is InChI=1S/C8H16N2O3.C7H14/c1-8(2,3)13-7(12)10-5-6(11)9-4;1-5-6-7(2,3)4/h5H2,1-4H3,(H,9,11)(H,10,12);5-6H,1-4H3/b;6-5+. The number of amides is 2. The molecular formula is C15H30N2O3. The van der Waals surface area contributed by atoms with Gasteiger partial charge in [0.25, 0.3) is 0 Å². The molecule has 5 heteroatoms. The monoisotopic (exact) mass is 286 g/mol. The van der Waals surface area contributed by atoms with Crippen molar-refractivity contribution in [1.29, 1.82) is 0 Å². The van der Waals surface area contributed by atoms with Crippen molar-refractivity contribution < 1.29 is 14.3 Å². The largest absolute Gasteiger partial charge is 0.444 e. The molecule has 0 fully saturated rings. The van der Waals surface area contributed by atoms with Crippen LogP contribution in [0.4, 0.5) is 4.79 Å². The summed E-state index contributed by atoms with van der Waals surface area (Å²) in [6.07, 6.45) is 3.68. The maximum atomic E-state index is 11.0. The van der Waals surface area contributed by atoms with Gasteiger partial charge in [-0.15, -0.1) is 0 Å². The SMILES string of the molecule is C/C=C/C(C)(C)C.CNC(=O)CNC(=O)OC(C)(C)C. The topological polar surface area (TPSA) is 67.4 Å². The minimum atomic E-state index is -0.587. The predicted octanol–water partition coefficient (Wildman–Crippen LogP) is 2.87. The minimum Gasteiger partial charge on any atom is -0.444 e. The van der Waals surface area contributed by atoms with Gasteiger partial charge in [0, 0.05) is 7.05 Å². The zero-order valence-electron chi connectivity index (χ0n) is 14.1. The normalized spacial score (nSPS) is 11.4. The molecule has 0 saturated carbocycles. The second-order valence-electron chi connectivity index (χ2n) is 6.39. The van der Waals surface area contributed by atoms with E-state index in [9.17, 15) is 9.59 Å². The smallest absolute Gasteiger partial charge is 0.408 e. The molecule has 0 aromatic carbocycles. The first-order valence-electron chi connectivity index (χ1n) is 6.72. The summed E-state index contributed by atoms with van der Waals surface area (Å²) in [6, 6.07) is 0. The van der Waals surface area contributed by atoms with Crippen LogP contribution in [0.2, 0.25) is 0 Å². The molecule has 0 heterocycles. The first-order chi connectivity index (χ1) is 8.91. The number of alkyl carbamates (subject to hydrolysis) is 1. The molecule has 0 aromatic rings. The van der Waals surface area contributed by atoms with Gasteiger partial charge in [-0.3, -0.25) is 4.79 Å². The Kier molecular flexibility index (Phi) is 9.77. The molecule has 0 rings (SSSR count). The number of carbonyl (C=O) groups excluding carboxylic acids is 2. The number of hydrogen-bond acceptors (Lipinski definition) is 3. The average Bonchev–Trinajstić information content (AvgIpc) is 2.22. The summed E-state index contributed by atoms with van der Waals surface area (Å²) in [5.74, 6) is -0.258. The second kappa shape index (κ2) is 9.39. The molecule has 0 atom stereocenters. The van der Waals surface area contributed by atoms with E-state index in [0.29, 0.717) is 5.41 Å². The number of rotatable bonds is 2. The lowest BCUT2D eigenvalue weighted by Crippen LogP contribution is -2.38. The van der Waals surface area contributed by atoms with Gasteiger partial charge in [-0.1, -0.05) is 32.9 Å². The van der Waals surface area contributed by atoms with Crippen LogP contribution in [0.1, 0.15) is 48.5 Å². The zero-order chi connectivity index (χ0) is 16.4. The van der Waals surface area contributed by atoms with Crippen LogP contribution in [0.15, 0.2) is 12.2 Å². The summed E-state index contributed by atoms with van der Waals surface area (Å²) in [6.45, 7) is 13.8. The number of allylic oxidation sites excluding steroid dienone is 2. The van der Waals surface area contributed by atoms with Crippen LogP contribution < -0.4 is 10.6 Å². The van der Waals surface area contributed by atoms with Crippen molar-refractivity contribution >= 4 is 12.0 Å². The number of ether oxygens (including phenoxy) is 1. The molecule has 20 heavy (non-hydrogen) atoms.